The first-order valence-corrected chi connectivity index (χ1v) is 5.08. The SMILES string of the molecule is CC(OC(CO)C(N)C(C)(C)C)C(F)(F)F. The summed E-state index contributed by atoms with van der Waals surface area (Å²) in [6, 6.07) is -0.665. The van der Waals surface area contributed by atoms with Crippen molar-refractivity contribution in [2.75, 3.05) is 6.61 Å². The second kappa shape index (κ2) is 5.33. The number of aliphatic hydroxyl groups excluding tert-OH is 1. The number of aliphatic hydroxyl groups is 1. The maximum atomic E-state index is 12.3. The van der Waals surface area contributed by atoms with Gasteiger partial charge in [-0.05, 0) is 12.3 Å². The maximum absolute atomic E-state index is 12.3. The number of rotatable bonds is 4. The second-order valence-electron chi connectivity index (χ2n) is 4.93. The number of ether oxygens (including phenoxy) is 1. The molecule has 0 amide bonds. The zero-order valence-electron chi connectivity index (χ0n) is 10.0. The number of hydrogen-bond donors (Lipinski definition) is 2. The van der Waals surface area contributed by atoms with Crippen LogP contribution in [0.4, 0.5) is 13.2 Å². The van der Waals surface area contributed by atoms with Crippen LogP contribution >= 0.6 is 0 Å². The van der Waals surface area contributed by atoms with Crippen molar-refractivity contribution in [1.29, 1.82) is 0 Å². The third-order valence-corrected chi connectivity index (χ3v) is 2.42. The quantitative estimate of drug-likeness (QED) is 0.790. The molecule has 0 bridgehead atoms. The van der Waals surface area contributed by atoms with E-state index in [2.05, 4.69) is 0 Å². The minimum Gasteiger partial charge on any atom is -0.394 e. The second-order valence-corrected chi connectivity index (χ2v) is 4.93. The normalized spacial score (nSPS) is 19.3. The monoisotopic (exact) mass is 243 g/mol. The van der Waals surface area contributed by atoms with Crippen LogP contribution < -0.4 is 5.73 Å². The zero-order chi connectivity index (χ0) is 13.1. The molecule has 16 heavy (non-hydrogen) atoms. The Morgan fingerprint density at radius 2 is 1.69 bits per heavy atom. The fourth-order valence-electron chi connectivity index (χ4n) is 1.14. The van der Waals surface area contributed by atoms with E-state index in [9.17, 15) is 13.2 Å². The highest BCUT2D eigenvalue weighted by Gasteiger charge is 2.40. The smallest absolute Gasteiger partial charge is 0.394 e. The number of hydrogen-bond acceptors (Lipinski definition) is 3. The summed E-state index contributed by atoms with van der Waals surface area (Å²) < 4.78 is 41.5. The highest BCUT2D eigenvalue weighted by Crippen LogP contribution is 2.27. The molecule has 0 radical (unpaired) electrons. The van der Waals surface area contributed by atoms with Crippen LogP contribution in [0.2, 0.25) is 0 Å². The molecule has 0 heterocycles. The molecular weight excluding hydrogens is 223 g/mol. The maximum Gasteiger partial charge on any atom is 0.414 e. The molecule has 0 aliphatic heterocycles. The van der Waals surface area contributed by atoms with Crippen LogP contribution in [0.3, 0.4) is 0 Å². The summed E-state index contributed by atoms with van der Waals surface area (Å²) in [5.74, 6) is 0. The highest BCUT2D eigenvalue weighted by molar-refractivity contribution is 4.85. The molecule has 0 saturated carbocycles. The van der Waals surface area contributed by atoms with Gasteiger partial charge >= 0.3 is 6.18 Å². The van der Waals surface area contributed by atoms with Crippen molar-refractivity contribution in [3.8, 4) is 0 Å². The Balaban J connectivity index is 4.54. The van der Waals surface area contributed by atoms with Gasteiger partial charge in [-0.2, -0.15) is 13.2 Å². The van der Waals surface area contributed by atoms with E-state index in [1.807, 2.05) is 0 Å². The molecule has 0 fully saturated rings. The Morgan fingerprint density at radius 3 is 1.94 bits per heavy atom. The van der Waals surface area contributed by atoms with E-state index in [0.717, 1.165) is 6.92 Å². The van der Waals surface area contributed by atoms with Gasteiger partial charge in [0, 0.05) is 6.04 Å². The first-order chi connectivity index (χ1) is 7.00. The van der Waals surface area contributed by atoms with Crippen molar-refractivity contribution in [1.82, 2.24) is 0 Å². The predicted molar refractivity (Wildman–Crippen MR) is 54.9 cm³/mol. The Hall–Kier alpha value is -0.330. The summed E-state index contributed by atoms with van der Waals surface area (Å²) in [7, 11) is 0. The van der Waals surface area contributed by atoms with Crippen molar-refractivity contribution in [2.24, 2.45) is 11.1 Å². The summed E-state index contributed by atoms with van der Waals surface area (Å²) in [6.07, 6.45) is -7.39. The van der Waals surface area contributed by atoms with E-state index in [-0.39, 0.29) is 0 Å². The van der Waals surface area contributed by atoms with Crippen molar-refractivity contribution < 1.29 is 23.0 Å². The van der Waals surface area contributed by atoms with Crippen molar-refractivity contribution in [3.05, 3.63) is 0 Å². The molecule has 98 valence electrons. The van der Waals surface area contributed by atoms with E-state index >= 15 is 0 Å². The summed E-state index contributed by atoms with van der Waals surface area (Å²) in [5.41, 5.74) is 5.31. The molecule has 0 aromatic heterocycles. The molecule has 0 saturated heterocycles. The lowest BCUT2D eigenvalue weighted by molar-refractivity contribution is -0.234. The van der Waals surface area contributed by atoms with Crippen LogP contribution in [-0.4, -0.2) is 36.1 Å². The molecule has 0 rings (SSSR count). The zero-order valence-corrected chi connectivity index (χ0v) is 10.0. The van der Waals surface area contributed by atoms with Gasteiger partial charge in [-0.1, -0.05) is 20.8 Å². The van der Waals surface area contributed by atoms with E-state index in [1.165, 1.54) is 0 Å². The molecule has 3 N–H and O–H groups in total. The van der Waals surface area contributed by atoms with Gasteiger partial charge in [-0.15, -0.1) is 0 Å². The van der Waals surface area contributed by atoms with Gasteiger partial charge in [0.25, 0.3) is 0 Å². The van der Waals surface area contributed by atoms with E-state index in [1.54, 1.807) is 20.8 Å². The minimum atomic E-state index is -4.44. The van der Waals surface area contributed by atoms with Crippen LogP contribution in [0, 0.1) is 5.41 Å². The Labute approximate surface area is 93.8 Å². The fourth-order valence-corrected chi connectivity index (χ4v) is 1.14. The standard InChI is InChI=1S/C10H20F3NO2/c1-6(10(11,12)13)16-7(5-15)8(14)9(2,3)4/h6-8,15H,5,14H2,1-4H3. The lowest BCUT2D eigenvalue weighted by Gasteiger charge is -2.34. The first-order valence-electron chi connectivity index (χ1n) is 5.08. The predicted octanol–water partition coefficient (Wildman–Crippen LogP) is 1.69. The average Bonchev–Trinajstić information content (AvgIpc) is 2.09. The summed E-state index contributed by atoms with van der Waals surface area (Å²) in [4.78, 5) is 0. The third kappa shape index (κ3) is 4.67. The summed E-state index contributed by atoms with van der Waals surface area (Å²) >= 11 is 0. The molecular formula is C10H20F3NO2. The van der Waals surface area contributed by atoms with E-state index in [0.29, 0.717) is 0 Å². The van der Waals surface area contributed by atoms with E-state index < -0.39 is 36.4 Å². The van der Waals surface area contributed by atoms with Crippen LogP contribution in [0.5, 0.6) is 0 Å². The van der Waals surface area contributed by atoms with Crippen molar-refractivity contribution in [2.45, 2.75) is 52.1 Å². The largest absolute Gasteiger partial charge is 0.414 e. The van der Waals surface area contributed by atoms with Crippen molar-refractivity contribution in [3.63, 3.8) is 0 Å². The molecule has 0 aromatic rings. The van der Waals surface area contributed by atoms with Gasteiger partial charge in [-0.25, -0.2) is 0 Å². The molecule has 3 unspecified atom stereocenters. The molecule has 0 aromatic carbocycles. The Kier molecular flexibility index (Phi) is 5.22. The lowest BCUT2D eigenvalue weighted by Crippen LogP contribution is -2.50. The number of halogens is 3. The number of nitrogens with two attached hydrogens (primary N) is 1. The van der Waals surface area contributed by atoms with Gasteiger partial charge in [0.1, 0.15) is 0 Å². The van der Waals surface area contributed by atoms with Crippen molar-refractivity contribution >= 4 is 0 Å². The molecule has 3 atom stereocenters. The van der Waals surface area contributed by atoms with E-state index in [4.69, 9.17) is 15.6 Å². The molecule has 0 aliphatic carbocycles. The lowest BCUT2D eigenvalue weighted by atomic mass is 9.84. The van der Waals surface area contributed by atoms with Crippen LogP contribution in [0.15, 0.2) is 0 Å². The minimum absolute atomic E-state index is 0.432. The van der Waals surface area contributed by atoms with Crippen LogP contribution in [0.1, 0.15) is 27.7 Å². The summed E-state index contributed by atoms with van der Waals surface area (Å²) in [5, 5.41) is 9.00. The van der Waals surface area contributed by atoms with Gasteiger partial charge < -0.3 is 15.6 Å². The highest BCUT2D eigenvalue weighted by atomic mass is 19.4. The van der Waals surface area contributed by atoms with Gasteiger partial charge in [-0.3, -0.25) is 0 Å². The van der Waals surface area contributed by atoms with Gasteiger partial charge in [0.05, 0.1) is 12.7 Å². The van der Waals surface area contributed by atoms with Crippen LogP contribution in [0.25, 0.3) is 0 Å². The van der Waals surface area contributed by atoms with Gasteiger partial charge in [0.2, 0.25) is 0 Å². The van der Waals surface area contributed by atoms with Gasteiger partial charge in [0.15, 0.2) is 6.10 Å². The Bertz CT molecular complexity index is 213. The average molecular weight is 243 g/mol. The first kappa shape index (κ1) is 15.7. The third-order valence-electron chi connectivity index (χ3n) is 2.42. The molecule has 6 heteroatoms. The molecule has 0 spiro atoms. The summed E-state index contributed by atoms with van der Waals surface area (Å²) in [6.45, 7) is 5.71. The Morgan fingerprint density at radius 1 is 1.25 bits per heavy atom. The topological polar surface area (TPSA) is 55.5 Å². The molecule has 3 nitrogen and oxygen atoms in total. The fraction of sp³-hybridized carbons (Fsp3) is 1.00. The van der Waals surface area contributed by atoms with Crippen LogP contribution in [-0.2, 0) is 4.74 Å². The molecule has 0 aliphatic rings. The number of alkyl halides is 3.